The van der Waals surface area contributed by atoms with Crippen LogP contribution in [-0.4, -0.2) is 50.5 Å². The summed E-state index contributed by atoms with van der Waals surface area (Å²) in [6, 6.07) is 23.7. The SMILES string of the molecule is CCNC(=O)[C@H](Cc1ccccc1)N(Cc1cccc(C)c1)C(=O)CN(c1ccccc1C(C)C)S(C)(=O)=O. The maximum atomic E-state index is 14.1. The van der Waals surface area contributed by atoms with E-state index in [9.17, 15) is 18.0 Å². The zero-order valence-corrected chi connectivity index (χ0v) is 24.2. The summed E-state index contributed by atoms with van der Waals surface area (Å²) >= 11 is 0. The van der Waals surface area contributed by atoms with Gasteiger partial charge in [-0.05, 0) is 42.5 Å². The van der Waals surface area contributed by atoms with Crippen molar-refractivity contribution in [2.75, 3.05) is 23.7 Å². The lowest BCUT2D eigenvalue weighted by atomic mass is 10.0. The van der Waals surface area contributed by atoms with Crippen molar-refractivity contribution in [3.63, 3.8) is 0 Å². The van der Waals surface area contributed by atoms with E-state index in [1.54, 1.807) is 12.1 Å². The van der Waals surface area contributed by atoms with E-state index >= 15 is 0 Å². The van der Waals surface area contributed by atoms with Crippen molar-refractivity contribution in [1.29, 1.82) is 0 Å². The van der Waals surface area contributed by atoms with Gasteiger partial charge in [-0.1, -0.05) is 92.2 Å². The summed E-state index contributed by atoms with van der Waals surface area (Å²) in [5.74, 6) is -0.686. The average Bonchev–Trinajstić information content (AvgIpc) is 2.89. The number of carbonyl (C=O) groups is 2. The molecule has 208 valence electrons. The molecule has 0 unspecified atom stereocenters. The Morgan fingerprint density at radius 1 is 0.897 bits per heavy atom. The second-order valence-electron chi connectivity index (χ2n) is 10.1. The Labute approximate surface area is 232 Å². The number of nitrogens with zero attached hydrogens (tertiary/aromatic N) is 2. The molecular formula is C31H39N3O4S. The van der Waals surface area contributed by atoms with E-state index in [-0.39, 0.29) is 18.4 Å². The van der Waals surface area contributed by atoms with Crippen molar-refractivity contribution in [3.8, 4) is 0 Å². The number of amides is 2. The van der Waals surface area contributed by atoms with Crippen LogP contribution in [0.5, 0.6) is 0 Å². The van der Waals surface area contributed by atoms with Crippen molar-refractivity contribution >= 4 is 27.5 Å². The number of anilines is 1. The van der Waals surface area contributed by atoms with E-state index in [1.807, 2.05) is 94.4 Å². The van der Waals surface area contributed by atoms with Gasteiger partial charge in [0, 0.05) is 19.5 Å². The van der Waals surface area contributed by atoms with Crippen LogP contribution in [0.25, 0.3) is 0 Å². The summed E-state index contributed by atoms with van der Waals surface area (Å²) in [6.07, 6.45) is 1.40. The third-order valence-corrected chi connectivity index (χ3v) is 7.69. The zero-order valence-electron chi connectivity index (χ0n) is 23.4. The normalized spacial score (nSPS) is 12.2. The molecule has 2 amide bonds. The van der Waals surface area contributed by atoms with Crippen LogP contribution in [0.15, 0.2) is 78.9 Å². The fourth-order valence-corrected chi connectivity index (χ4v) is 5.52. The molecule has 0 aliphatic carbocycles. The van der Waals surface area contributed by atoms with Gasteiger partial charge in [0.1, 0.15) is 12.6 Å². The molecule has 1 N–H and O–H groups in total. The molecule has 0 bridgehead atoms. The number of carbonyl (C=O) groups excluding carboxylic acids is 2. The average molecular weight is 550 g/mol. The van der Waals surface area contributed by atoms with Crippen molar-refractivity contribution in [2.24, 2.45) is 0 Å². The van der Waals surface area contributed by atoms with Gasteiger partial charge in [0.25, 0.3) is 0 Å². The van der Waals surface area contributed by atoms with Crippen LogP contribution in [0.1, 0.15) is 48.9 Å². The van der Waals surface area contributed by atoms with Gasteiger partial charge in [-0.25, -0.2) is 8.42 Å². The summed E-state index contributed by atoms with van der Waals surface area (Å²) < 4.78 is 27.2. The van der Waals surface area contributed by atoms with Gasteiger partial charge < -0.3 is 10.2 Å². The minimum Gasteiger partial charge on any atom is -0.355 e. The molecule has 0 saturated heterocycles. The highest BCUT2D eigenvalue weighted by molar-refractivity contribution is 7.92. The number of hydrogen-bond acceptors (Lipinski definition) is 4. The van der Waals surface area contributed by atoms with E-state index in [0.29, 0.717) is 18.7 Å². The molecule has 0 fully saturated rings. The van der Waals surface area contributed by atoms with Gasteiger partial charge in [0.05, 0.1) is 11.9 Å². The lowest BCUT2D eigenvalue weighted by Gasteiger charge is -2.34. The van der Waals surface area contributed by atoms with Gasteiger partial charge >= 0.3 is 0 Å². The molecule has 0 saturated carbocycles. The largest absolute Gasteiger partial charge is 0.355 e. The highest BCUT2D eigenvalue weighted by Gasteiger charge is 2.33. The van der Waals surface area contributed by atoms with Crippen LogP contribution in [0, 0.1) is 6.92 Å². The molecule has 1 atom stereocenters. The van der Waals surface area contributed by atoms with Gasteiger partial charge in [-0.2, -0.15) is 0 Å². The van der Waals surface area contributed by atoms with Crippen LogP contribution < -0.4 is 9.62 Å². The third-order valence-electron chi connectivity index (χ3n) is 6.56. The zero-order chi connectivity index (χ0) is 28.6. The molecule has 3 aromatic carbocycles. The van der Waals surface area contributed by atoms with Crippen molar-refractivity contribution < 1.29 is 18.0 Å². The first kappa shape index (κ1) is 29.9. The highest BCUT2D eigenvalue weighted by Crippen LogP contribution is 2.29. The molecular weight excluding hydrogens is 510 g/mol. The molecule has 39 heavy (non-hydrogen) atoms. The summed E-state index contributed by atoms with van der Waals surface area (Å²) in [6.45, 7) is 7.92. The van der Waals surface area contributed by atoms with E-state index in [4.69, 9.17) is 0 Å². The number of aryl methyl sites for hydroxylation is 1. The first-order valence-corrected chi connectivity index (χ1v) is 15.1. The Bertz CT molecular complexity index is 1370. The standard InChI is InChI=1S/C31H39N3O4S/c1-6-32-31(36)29(20-25-14-8-7-9-15-25)33(21-26-16-12-13-24(4)19-26)30(35)22-34(39(5,37)38)28-18-11-10-17-27(28)23(2)3/h7-19,23,29H,6,20-22H2,1-5H3,(H,32,36)/t29-/m0/s1. The van der Waals surface area contributed by atoms with E-state index < -0.39 is 28.5 Å². The number of hydrogen-bond donors (Lipinski definition) is 1. The minimum absolute atomic E-state index is 0.0464. The lowest BCUT2D eigenvalue weighted by molar-refractivity contribution is -0.140. The number of benzene rings is 3. The van der Waals surface area contributed by atoms with Crippen LogP contribution >= 0.6 is 0 Å². The van der Waals surface area contributed by atoms with Crippen molar-refractivity contribution in [2.45, 2.75) is 52.6 Å². The number of rotatable bonds is 12. The fourth-order valence-electron chi connectivity index (χ4n) is 4.65. The number of likely N-dealkylation sites (N-methyl/N-ethyl adjacent to an activating group) is 1. The maximum absolute atomic E-state index is 14.1. The molecule has 3 aromatic rings. The second kappa shape index (κ2) is 13.4. The monoisotopic (exact) mass is 549 g/mol. The third kappa shape index (κ3) is 8.17. The van der Waals surface area contributed by atoms with Crippen LogP contribution in [-0.2, 0) is 32.6 Å². The van der Waals surface area contributed by atoms with Gasteiger partial charge in [0.15, 0.2) is 0 Å². The van der Waals surface area contributed by atoms with Gasteiger partial charge in [0.2, 0.25) is 21.8 Å². The number of nitrogens with one attached hydrogen (secondary N) is 1. The van der Waals surface area contributed by atoms with E-state index in [0.717, 1.165) is 32.8 Å². The minimum atomic E-state index is -3.81. The molecule has 0 aliphatic heterocycles. The Morgan fingerprint density at radius 3 is 2.15 bits per heavy atom. The highest BCUT2D eigenvalue weighted by atomic mass is 32.2. The molecule has 3 rings (SSSR count). The first-order chi connectivity index (χ1) is 18.5. The molecule has 8 heteroatoms. The summed E-state index contributed by atoms with van der Waals surface area (Å²) in [5, 5.41) is 2.87. The lowest BCUT2D eigenvalue weighted by Crippen LogP contribution is -2.53. The van der Waals surface area contributed by atoms with Gasteiger partial charge in [-0.3, -0.25) is 13.9 Å². The van der Waals surface area contributed by atoms with Crippen LogP contribution in [0.3, 0.4) is 0 Å². The van der Waals surface area contributed by atoms with Crippen LogP contribution in [0.4, 0.5) is 5.69 Å². The first-order valence-electron chi connectivity index (χ1n) is 13.2. The fraction of sp³-hybridized carbons (Fsp3) is 0.355. The Hall–Kier alpha value is -3.65. The predicted molar refractivity (Wildman–Crippen MR) is 157 cm³/mol. The quantitative estimate of drug-likeness (QED) is 0.356. The van der Waals surface area contributed by atoms with Crippen molar-refractivity contribution in [1.82, 2.24) is 10.2 Å². The molecule has 0 heterocycles. The van der Waals surface area contributed by atoms with E-state index in [2.05, 4.69) is 5.32 Å². The molecule has 0 aromatic heterocycles. The van der Waals surface area contributed by atoms with E-state index in [1.165, 1.54) is 4.90 Å². The molecule has 7 nitrogen and oxygen atoms in total. The molecule has 0 spiro atoms. The predicted octanol–water partition coefficient (Wildman–Crippen LogP) is 4.66. The Morgan fingerprint density at radius 2 is 1.54 bits per heavy atom. The second-order valence-corrected chi connectivity index (χ2v) is 12.0. The Balaban J connectivity index is 2.08. The summed E-state index contributed by atoms with van der Waals surface area (Å²) in [4.78, 5) is 29.1. The summed E-state index contributed by atoms with van der Waals surface area (Å²) in [5.41, 5.74) is 4.09. The summed E-state index contributed by atoms with van der Waals surface area (Å²) in [7, 11) is -3.81. The number of sulfonamides is 1. The van der Waals surface area contributed by atoms with Crippen LogP contribution in [0.2, 0.25) is 0 Å². The molecule has 0 aliphatic rings. The number of para-hydroxylation sites is 1. The van der Waals surface area contributed by atoms with Gasteiger partial charge in [-0.15, -0.1) is 0 Å². The molecule has 0 radical (unpaired) electrons. The maximum Gasteiger partial charge on any atom is 0.244 e. The smallest absolute Gasteiger partial charge is 0.244 e. The Kier molecular flexibility index (Phi) is 10.3. The topological polar surface area (TPSA) is 86.8 Å². The van der Waals surface area contributed by atoms with Crippen molar-refractivity contribution in [3.05, 3.63) is 101 Å².